The Bertz CT molecular complexity index is 79.7. The monoisotopic (exact) mass is 144 g/mol. The van der Waals surface area contributed by atoms with Crippen LogP contribution in [-0.2, 0) is 0 Å². The molecule has 0 aromatic carbocycles. The van der Waals surface area contributed by atoms with Crippen LogP contribution >= 0.6 is 0 Å². The number of hydrogen-bond donors (Lipinski definition) is 1. The molecule has 0 saturated carbocycles. The van der Waals surface area contributed by atoms with Gasteiger partial charge in [0, 0.05) is 0 Å². The molecule has 0 bridgehead atoms. The molecule has 0 aliphatic carbocycles. The lowest BCUT2D eigenvalue weighted by Crippen LogP contribution is -2.29. The minimum Gasteiger partial charge on any atom is -0.317 e. The van der Waals surface area contributed by atoms with Crippen molar-refractivity contribution in [3.8, 4) is 0 Å². The van der Waals surface area contributed by atoms with Gasteiger partial charge < -0.3 is 5.32 Å². The van der Waals surface area contributed by atoms with Crippen molar-refractivity contribution >= 4 is 0 Å². The molecule has 1 rings (SSSR count). The van der Waals surface area contributed by atoms with Crippen LogP contribution in [0.4, 0.5) is 0 Å². The van der Waals surface area contributed by atoms with Crippen LogP contribution in [0.3, 0.4) is 0 Å². The van der Waals surface area contributed by atoms with Crippen molar-refractivity contribution in [1.82, 2.24) is 5.32 Å². The molecule has 1 fully saturated rings. The predicted octanol–water partition coefficient (Wildman–Crippen LogP) is 1.53. The van der Waals surface area contributed by atoms with E-state index < -0.39 is 0 Å². The Hall–Kier alpha value is -0.440. The van der Waals surface area contributed by atoms with E-state index in [9.17, 15) is 4.91 Å². The van der Waals surface area contributed by atoms with Crippen molar-refractivity contribution in [3.63, 3.8) is 0 Å². The fourth-order valence-corrected chi connectivity index (χ4v) is 0.912. The van der Waals surface area contributed by atoms with Crippen LogP contribution < -0.4 is 5.32 Å². The fourth-order valence-electron chi connectivity index (χ4n) is 0.912. The number of rotatable bonds is 1. The number of nitrogens with zero attached hydrogens (tertiary/aromatic N) is 1. The second-order valence-electron chi connectivity index (χ2n) is 2.09. The van der Waals surface area contributed by atoms with E-state index in [1.807, 2.05) is 13.8 Å². The molecule has 1 heterocycles. The van der Waals surface area contributed by atoms with Gasteiger partial charge in [0.25, 0.3) is 0 Å². The molecule has 0 radical (unpaired) electrons. The second-order valence-corrected chi connectivity index (χ2v) is 2.09. The summed E-state index contributed by atoms with van der Waals surface area (Å²) in [6.45, 7) is 5.91. The zero-order valence-corrected chi connectivity index (χ0v) is 6.76. The molecule has 3 nitrogen and oxygen atoms in total. The Balaban J connectivity index is 0.000000371. The molecular formula is C7H16N2O. The molecule has 1 saturated heterocycles. The molecule has 1 aliphatic heterocycles. The molecular weight excluding hydrogens is 128 g/mol. The average molecular weight is 144 g/mol. The minimum atomic E-state index is 0.0937. The zero-order chi connectivity index (χ0) is 7.82. The molecule has 0 aromatic rings. The minimum absolute atomic E-state index is 0.0937. The number of hydrogen-bond acceptors (Lipinski definition) is 3. The van der Waals surface area contributed by atoms with Crippen LogP contribution in [0, 0.1) is 4.91 Å². The highest BCUT2D eigenvalue weighted by Gasteiger charge is 2.11. The first-order valence-corrected chi connectivity index (χ1v) is 3.96. The second kappa shape index (κ2) is 6.68. The lowest BCUT2D eigenvalue weighted by molar-refractivity contribution is 0.457. The number of nitroso groups, excluding NO2 is 1. The van der Waals surface area contributed by atoms with Gasteiger partial charge >= 0.3 is 0 Å². The topological polar surface area (TPSA) is 41.5 Å². The van der Waals surface area contributed by atoms with Gasteiger partial charge in [-0.15, -0.1) is 0 Å². The first-order chi connectivity index (χ1) is 4.93. The summed E-state index contributed by atoms with van der Waals surface area (Å²) in [5, 5.41) is 6.11. The highest BCUT2D eigenvalue weighted by molar-refractivity contribution is 4.72. The summed E-state index contributed by atoms with van der Waals surface area (Å²) >= 11 is 0. The third-order valence-corrected chi connectivity index (χ3v) is 1.46. The molecule has 0 aromatic heterocycles. The van der Waals surface area contributed by atoms with Crippen molar-refractivity contribution in [2.24, 2.45) is 5.18 Å². The van der Waals surface area contributed by atoms with Crippen molar-refractivity contribution < 1.29 is 0 Å². The van der Waals surface area contributed by atoms with Crippen LogP contribution in [-0.4, -0.2) is 19.1 Å². The molecule has 0 amide bonds. The van der Waals surface area contributed by atoms with E-state index >= 15 is 0 Å². The highest BCUT2D eigenvalue weighted by Crippen LogP contribution is 2.04. The van der Waals surface area contributed by atoms with E-state index in [-0.39, 0.29) is 6.04 Å². The van der Waals surface area contributed by atoms with Gasteiger partial charge in [-0.05, 0) is 25.9 Å². The summed E-state index contributed by atoms with van der Waals surface area (Å²) in [6, 6.07) is 0.0937. The van der Waals surface area contributed by atoms with E-state index in [0.29, 0.717) is 0 Å². The highest BCUT2D eigenvalue weighted by atomic mass is 16.3. The smallest absolute Gasteiger partial charge is 0.0943 e. The Kier molecular flexibility index (Phi) is 6.38. The number of nitrogens with one attached hydrogen (secondary N) is 1. The third-order valence-electron chi connectivity index (χ3n) is 1.46. The van der Waals surface area contributed by atoms with Gasteiger partial charge in [0.05, 0.1) is 6.04 Å². The summed E-state index contributed by atoms with van der Waals surface area (Å²) in [5.41, 5.74) is 0. The molecule has 3 heteroatoms. The maximum atomic E-state index is 9.88. The molecule has 0 atom stereocenters. The van der Waals surface area contributed by atoms with Gasteiger partial charge in [-0.1, -0.05) is 19.0 Å². The Morgan fingerprint density at radius 1 is 1.30 bits per heavy atom. The van der Waals surface area contributed by atoms with Crippen LogP contribution in [0.15, 0.2) is 5.18 Å². The van der Waals surface area contributed by atoms with E-state index in [0.717, 1.165) is 25.9 Å². The molecule has 1 aliphatic rings. The Labute approximate surface area is 62.2 Å². The maximum Gasteiger partial charge on any atom is 0.0943 e. The van der Waals surface area contributed by atoms with Crippen molar-refractivity contribution in [2.45, 2.75) is 32.7 Å². The van der Waals surface area contributed by atoms with Crippen molar-refractivity contribution in [2.75, 3.05) is 13.1 Å². The third kappa shape index (κ3) is 3.56. The first kappa shape index (κ1) is 9.56. The van der Waals surface area contributed by atoms with Crippen LogP contribution in [0.5, 0.6) is 0 Å². The fraction of sp³-hybridized carbons (Fsp3) is 1.00. The largest absolute Gasteiger partial charge is 0.317 e. The van der Waals surface area contributed by atoms with Gasteiger partial charge in [0.1, 0.15) is 0 Å². The lowest BCUT2D eigenvalue weighted by Gasteiger charge is -2.15. The van der Waals surface area contributed by atoms with Gasteiger partial charge in [-0.25, -0.2) is 0 Å². The normalized spacial score (nSPS) is 19.0. The van der Waals surface area contributed by atoms with Gasteiger partial charge in [-0.2, -0.15) is 4.91 Å². The van der Waals surface area contributed by atoms with Gasteiger partial charge in [0.2, 0.25) is 0 Å². The molecule has 1 N–H and O–H groups in total. The summed E-state index contributed by atoms with van der Waals surface area (Å²) < 4.78 is 0. The predicted molar refractivity (Wildman–Crippen MR) is 43.0 cm³/mol. The molecule has 60 valence electrons. The van der Waals surface area contributed by atoms with Gasteiger partial charge in [-0.3, -0.25) is 0 Å². The van der Waals surface area contributed by atoms with E-state index in [2.05, 4.69) is 10.5 Å². The standard InChI is InChI=1S/C5H10N2O.C2H6/c8-7-5-1-3-6-4-2-5;1-2/h5-6H,1-4H2;1-2H3. The van der Waals surface area contributed by atoms with Crippen molar-refractivity contribution in [3.05, 3.63) is 4.91 Å². The van der Waals surface area contributed by atoms with Crippen LogP contribution in [0.2, 0.25) is 0 Å². The van der Waals surface area contributed by atoms with E-state index in [4.69, 9.17) is 0 Å². The summed E-state index contributed by atoms with van der Waals surface area (Å²) in [7, 11) is 0. The first-order valence-electron chi connectivity index (χ1n) is 3.96. The Morgan fingerprint density at radius 3 is 2.10 bits per heavy atom. The quantitative estimate of drug-likeness (QED) is 0.567. The molecule has 10 heavy (non-hydrogen) atoms. The summed E-state index contributed by atoms with van der Waals surface area (Å²) in [5.74, 6) is 0. The van der Waals surface area contributed by atoms with Crippen LogP contribution in [0.25, 0.3) is 0 Å². The maximum absolute atomic E-state index is 9.88. The average Bonchev–Trinajstić information content (AvgIpc) is 2.10. The lowest BCUT2D eigenvalue weighted by atomic mass is 10.1. The van der Waals surface area contributed by atoms with Gasteiger partial charge in [0.15, 0.2) is 0 Å². The van der Waals surface area contributed by atoms with Crippen molar-refractivity contribution in [1.29, 1.82) is 0 Å². The number of piperidine rings is 1. The van der Waals surface area contributed by atoms with E-state index in [1.165, 1.54) is 0 Å². The summed E-state index contributed by atoms with van der Waals surface area (Å²) in [6.07, 6.45) is 1.84. The molecule has 0 unspecified atom stereocenters. The Morgan fingerprint density at radius 2 is 1.80 bits per heavy atom. The molecule has 0 spiro atoms. The summed E-state index contributed by atoms with van der Waals surface area (Å²) in [4.78, 5) is 9.88. The van der Waals surface area contributed by atoms with Crippen LogP contribution in [0.1, 0.15) is 26.7 Å². The zero-order valence-electron chi connectivity index (χ0n) is 6.76. The van der Waals surface area contributed by atoms with E-state index in [1.54, 1.807) is 0 Å². The SMILES string of the molecule is CC.O=NC1CCNCC1.